The molecule has 0 saturated carbocycles. The molecule has 0 aromatic rings. The summed E-state index contributed by atoms with van der Waals surface area (Å²) in [6.45, 7) is 13.9. The Morgan fingerprint density at radius 1 is 1.22 bits per heavy atom. The molecular weight excluding hydrogens is 226 g/mol. The molecule has 108 valence electrons. The summed E-state index contributed by atoms with van der Waals surface area (Å²) in [5, 5.41) is 3.48. The first-order chi connectivity index (χ1) is 8.43. The zero-order valence-corrected chi connectivity index (χ0v) is 12.8. The van der Waals surface area contributed by atoms with Crippen LogP contribution in [0.25, 0.3) is 0 Å². The minimum absolute atomic E-state index is 0.208. The van der Waals surface area contributed by atoms with Crippen molar-refractivity contribution in [2.75, 3.05) is 19.7 Å². The number of ether oxygens (including phenoxy) is 2. The smallest absolute Gasteiger partial charge is 0.0624 e. The van der Waals surface area contributed by atoms with Gasteiger partial charge in [0.15, 0.2) is 0 Å². The van der Waals surface area contributed by atoms with Gasteiger partial charge in [0.25, 0.3) is 0 Å². The van der Waals surface area contributed by atoms with Crippen LogP contribution in [0, 0.1) is 5.41 Å². The van der Waals surface area contributed by atoms with Crippen molar-refractivity contribution in [2.24, 2.45) is 5.41 Å². The lowest BCUT2D eigenvalue weighted by atomic mass is 9.94. The van der Waals surface area contributed by atoms with Gasteiger partial charge in [-0.25, -0.2) is 0 Å². The molecule has 0 aromatic carbocycles. The molecule has 0 aliphatic carbocycles. The van der Waals surface area contributed by atoms with Gasteiger partial charge in [-0.1, -0.05) is 20.8 Å². The van der Waals surface area contributed by atoms with Crippen molar-refractivity contribution in [3.63, 3.8) is 0 Å². The van der Waals surface area contributed by atoms with Crippen LogP contribution in [0.4, 0.5) is 0 Å². The van der Waals surface area contributed by atoms with Crippen LogP contribution in [-0.4, -0.2) is 38.0 Å². The van der Waals surface area contributed by atoms with Gasteiger partial charge in [0.2, 0.25) is 0 Å². The fourth-order valence-corrected chi connectivity index (χ4v) is 2.48. The number of hydrogen-bond acceptors (Lipinski definition) is 3. The molecule has 1 rings (SSSR count). The van der Waals surface area contributed by atoms with Crippen molar-refractivity contribution in [1.82, 2.24) is 5.32 Å². The van der Waals surface area contributed by atoms with E-state index in [1.807, 2.05) is 0 Å². The maximum atomic E-state index is 6.10. The average molecular weight is 257 g/mol. The standard InChI is InChI=1S/C15H31NO2/c1-6-7-16-10-15(4,5)11-17-14-8-12(2)18-13(3)9-14/h12-14,16H,6-11H2,1-5H3. The summed E-state index contributed by atoms with van der Waals surface area (Å²) < 4.78 is 11.8. The third-order valence-electron chi connectivity index (χ3n) is 3.39. The summed E-state index contributed by atoms with van der Waals surface area (Å²) in [4.78, 5) is 0. The Morgan fingerprint density at radius 3 is 2.39 bits per heavy atom. The molecule has 0 aromatic heterocycles. The molecule has 0 spiro atoms. The van der Waals surface area contributed by atoms with E-state index >= 15 is 0 Å². The Bertz CT molecular complexity index is 221. The highest BCUT2D eigenvalue weighted by Crippen LogP contribution is 2.24. The van der Waals surface area contributed by atoms with E-state index < -0.39 is 0 Å². The predicted molar refractivity (Wildman–Crippen MR) is 75.9 cm³/mol. The van der Waals surface area contributed by atoms with Gasteiger partial charge < -0.3 is 14.8 Å². The molecule has 3 heteroatoms. The van der Waals surface area contributed by atoms with Crippen molar-refractivity contribution in [1.29, 1.82) is 0 Å². The van der Waals surface area contributed by atoms with Crippen LogP contribution in [0.3, 0.4) is 0 Å². The van der Waals surface area contributed by atoms with E-state index in [1.54, 1.807) is 0 Å². The second-order valence-electron chi connectivity index (χ2n) is 6.50. The normalized spacial score (nSPS) is 29.5. The molecule has 1 heterocycles. The summed E-state index contributed by atoms with van der Waals surface area (Å²) >= 11 is 0. The van der Waals surface area contributed by atoms with Crippen molar-refractivity contribution in [3.05, 3.63) is 0 Å². The van der Waals surface area contributed by atoms with Gasteiger partial charge >= 0.3 is 0 Å². The van der Waals surface area contributed by atoms with Gasteiger partial charge in [0.1, 0.15) is 0 Å². The minimum atomic E-state index is 0.208. The molecule has 1 aliphatic rings. The Hall–Kier alpha value is -0.120. The Kier molecular flexibility index (Phi) is 6.61. The van der Waals surface area contributed by atoms with Gasteiger partial charge in [0.05, 0.1) is 24.9 Å². The van der Waals surface area contributed by atoms with Gasteiger partial charge in [0, 0.05) is 12.0 Å². The highest BCUT2D eigenvalue weighted by molar-refractivity contribution is 4.76. The van der Waals surface area contributed by atoms with E-state index in [9.17, 15) is 0 Å². The Labute approximate surface area is 113 Å². The molecule has 18 heavy (non-hydrogen) atoms. The highest BCUT2D eigenvalue weighted by Gasteiger charge is 2.27. The van der Waals surface area contributed by atoms with Gasteiger partial charge in [-0.2, -0.15) is 0 Å². The van der Waals surface area contributed by atoms with Crippen LogP contribution in [0.1, 0.15) is 53.9 Å². The minimum Gasteiger partial charge on any atom is -0.377 e. The number of nitrogens with one attached hydrogen (secondary N) is 1. The van der Waals surface area contributed by atoms with Crippen LogP contribution >= 0.6 is 0 Å². The third-order valence-corrected chi connectivity index (χ3v) is 3.39. The fourth-order valence-electron chi connectivity index (χ4n) is 2.48. The molecule has 0 radical (unpaired) electrons. The lowest BCUT2D eigenvalue weighted by molar-refractivity contribution is -0.112. The Morgan fingerprint density at radius 2 is 1.83 bits per heavy atom. The summed E-state index contributed by atoms with van der Waals surface area (Å²) in [5.74, 6) is 0. The summed E-state index contributed by atoms with van der Waals surface area (Å²) in [6.07, 6.45) is 4.28. The van der Waals surface area contributed by atoms with Crippen LogP contribution in [0.2, 0.25) is 0 Å². The number of hydrogen-bond donors (Lipinski definition) is 1. The van der Waals surface area contributed by atoms with Crippen LogP contribution in [0.5, 0.6) is 0 Å². The highest BCUT2D eigenvalue weighted by atomic mass is 16.5. The zero-order chi connectivity index (χ0) is 13.6. The summed E-state index contributed by atoms with van der Waals surface area (Å²) in [5.41, 5.74) is 0.208. The van der Waals surface area contributed by atoms with Gasteiger partial charge in [-0.15, -0.1) is 0 Å². The molecule has 2 unspecified atom stereocenters. The molecule has 0 amide bonds. The lowest BCUT2D eigenvalue weighted by Gasteiger charge is -2.34. The molecule has 1 aliphatic heterocycles. The predicted octanol–water partition coefficient (Wildman–Crippen LogP) is 2.98. The topological polar surface area (TPSA) is 30.5 Å². The van der Waals surface area contributed by atoms with E-state index in [1.165, 1.54) is 6.42 Å². The Balaban J connectivity index is 2.25. The first-order valence-electron chi connectivity index (χ1n) is 7.40. The number of rotatable bonds is 7. The average Bonchev–Trinajstić information content (AvgIpc) is 2.25. The quantitative estimate of drug-likeness (QED) is 0.711. The van der Waals surface area contributed by atoms with E-state index in [2.05, 4.69) is 39.9 Å². The molecule has 3 nitrogen and oxygen atoms in total. The summed E-state index contributed by atoms with van der Waals surface area (Å²) in [6, 6.07) is 0. The SMILES string of the molecule is CCCNCC(C)(C)COC1CC(C)OC(C)C1. The molecule has 1 saturated heterocycles. The van der Waals surface area contributed by atoms with E-state index in [-0.39, 0.29) is 5.41 Å². The largest absolute Gasteiger partial charge is 0.377 e. The van der Waals surface area contributed by atoms with E-state index in [0.29, 0.717) is 18.3 Å². The maximum Gasteiger partial charge on any atom is 0.0624 e. The van der Waals surface area contributed by atoms with Crippen molar-refractivity contribution >= 4 is 0 Å². The summed E-state index contributed by atoms with van der Waals surface area (Å²) in [7, 11) is 0. The third kappa shape index (κ3) is 6.17. The van der Waals surface area contributed by atoms with Gasteiger partial charge in [-0.05, 0) is 39.7 Å². The van der Waals surface area contributed by atoms with Crippen molar-refractivity contribution in [3.8, 4) is 0 Å². The van der Waals surface area contributed by atoms with Crippen molar-refractivity contribution < 1.29 is 9.47 Å². The van der Waals surface area contributed by atoms with E-state index in [4.69, 9.17) is 9.47 Å². The monoisotopic (exact) mass is 257 g/mol. The van der Waals surface area contributed by atoms with E-state index in [0.717, 1.165) is 32.5 Å². The molecule has 1 N–H and O–H groups in total. The van der Waals surface area contributed by atoms with Crippen LogP contribution in [0.15, 0.2) is 0 Å². The van der Waals surface area contributed by atoms with Crippen LogP contribution in [-0.2, 0) is 9.47 Å². The van der Waals surface area contributed by atoms with Crippen LogP contribution < -0.4 is 5.32 Å². The first kappa shape index (κ1) is 15.9. The van der Waals surface area contributed by atoms with Gasteiger partial charge in [-0.3, -0.25) is 0 Å². The second-order valence-corrected chi connectivity index (χ2v) is 6.50. The zero-order valence-electron chi connectivity index (χ0n) is 12.8. The lowest BCUT2D eigenvalue weighted by Crippen LogP contribution is -2.38. The molecular formula is C15H31NO2. The second kappa shape index (κ2) is 7.46. The van der Waals surface area contributed by atoms with Crippen molar-refractivity contribution in [2.45, 2.75) is 72.2 Å². The first-order valence-corrected chi connectivity index (χ1v) is 7.40. The maximum absolute atomic E-state index is 6.10. The molecule has 1 fully saturated rings. The fraction of sp³-hybridized carbons (Fsp3) is 1.00. The molecule has 2 atom stereocenters. The molecule has 0 bridgehead atoms.